The Morgan fingerprint density at radius 3 is 2.25 bits per heavy atom. The van der Waals surface area contributed by atoms with Gasteiger partial charge in [0.25, 0.3) is 0 Å². The van der Waals surface area contributed by atoms with Gasteiger partial charge >= 0.3 is 12.0 Å². The highest BCUT2D eigenvalue weighted by atomic mass is 16.6. The fourth-order valence-corrected chi connectivity index (χ4v) is 3.64. The van der Waals surface area contributed by atoms with Crippen LogP contribution in [0.1, 0.15) is 78.1 Å². The minimum atomic E-state index is -0.413. The first kappa shape index (κ1) is 24.2. The number of unbranched alkanes of at least 4 members (excludes halogenated alkanes) is 7. The largest absolute Gasteiger partial charge is 0.463 e. The number of epoxide rings is 1. The molecule has 2 aromatic rings. The van der Waals surface area contributed by atoms with Crippen molar-refractivity contribution in [2.45, 2.75) is 90.3 Å². The van der Waals surface area contributed by atoms with Crippen LogP contribution in [-0.2, 0) is 9.53 Å². The van der Waals surface area contributed by atoms with Gasteiger partial charge in [-0.15, -0.1) is 0 Å². The van der Waals surface area contributed by atoms with Crippen LogP contribution in [0.2, 0.25) is 0 Å². The summed E-state index contributed by atoms with van der Waals surface area (Å²) < 4.78 is 16.6. The van der Waals surface area contributed by atoms with Gasteiger partial charge in [0.05, 0.1) is 12.7 Å². The van der Waals surface area contributed by atoms with E-state index in [1.54, 1.807) is 24.5 Å². The predicted molar refractivity (Wildman–Crippen MR) is 125 cm³/mol. The molecule has 2 atom stereocenters. The molecule has 1 aliphatic rings. The topological polar surface area (TPSA) is 73.8 Å². The lowest BCUT2D eigenvalue weighted by molar-refractivity contribution is -0.135. The fraction of sp³-hybridized carbons (Fsp3) is 0.577. The third-order valence-corrected chi connectivity index (χ3v) is 5.67. The van der Waals surface area contributed by atoms with E-state index in [4.69, 9.17) is 14.2 Å². The minimum Gasteiger partial charge on any atom is -0.463 e. The molecule has 0 aliphatic carbocycles. The highest BCUT2D eigenvalue weighted by Gasteiger charge is 2.45. The first-order valence-corrected chi connectivity index (χ1v) is 12.1. The Hall–Kier alpha value is -2.47. The van der Waals surface area contributed by atoms with Gasteiger partial charge in [-0.25, -0.2) is 14.8 Å². The average Bonchev–Trinajstić information content (AvgIpc) is 3.59. The Labute approximate surface area is 191 Å². The lowest BCUT2D eigenvalue weighted by Crippen LogP contribution is -2.17. The van der Waals surface area contributed by atoms with Gasteiger partial charge in [0, 0.05) is 18.0 Å². The van der Waals surface area contributed by atoms with Gasteiger partial charge in [0.15, 0.2) is 6.10 Å². The number of rotatable bonds is 15. The molecule has 1 aromatic heterocycles. The van der Waals surface area contributed by atoms with Crippen molar-refractivity contribution < 1.29 is 19.0 Å². The van der Waals surface area contributed by atoms with Gasteiger partial charge in [0.2, 0.25) is 0 Å². The molecular weight excluding hydrogens is 404 g/mol. The van der Waals surface area contributed by atoms with Crippen molar-refractivity contribution in [2.24, 2.45) is 0 Å². The highest BCUT2D eigenvalue weighted by Crippen LogP contribution is 2.30. The molecule has 32 heavy (non-hydrogen) atoms. The van der Waals surface area contributed by atoms with Gasteiger partial charge in [0.1, 0.15) is 5.75 Å². The molecule has 6 heteroatoms. The van der Waals surface area contributed by atoms with E-state index in [1.807, 2.05) is 12.1 Å². The smallest absolute Gasteiger partial charge is 0.343 e. The second-order valence-corrected chi connectivity index (χ2v) is 8.41. The quantitative estimate of drug-likeness (QED) is 0.143. The van der Waals surface area contributed by atoms with Gasteiger partial charge < -0.3 is 14.2 Å². The molecule has 0 spiro atoms. The Kier molecular flexibility index (Phi) is 9.95. The summed E-state index contributed by atoms with van der Waals surface area (Å²) in [7, 11) is 0. The first-order chi connectivity index (χ1) is 15.7. The number of carbonyl (C=O) groups excluding carboxylic acids is 1. The first-order valence-electron chi connectivity index (χ1n) is 12.1. The van der Waals surface area contributed by atoms with Crippen molar-refractivity contribution in [1.82, 2.24) is 9.97 Å². The zero-order chi connectivity index (χ0) is 22.6. The van der Waals surface area contributed by atoms with Crippen LogP contribution in [0.5, 0.6) is 11.8 Å². The molecule has 0 N–H and O–H groups in total. The van der Waals surface area contributed by atoms with Crippen LogP contribution in [0.4, 0.5) is 0 Å². The van der Waals surface area contributed by atoms with Crippen molar-refractivity contribution in [3.63, 3.8) is 0 Å². The number of nitrogens with zero attached hydrogens (tertiary/aromatic N) is 2. The summed E-state index contributed by atoms with van der Waals surface area (Å²) in [4.78, 5) is 20.8. The number of esters is 1. The summed E-state index contributed by atoms with van der Waals surface area (Å²) in [5.41, 5.74) is 1.84. The van der Waals surface area contributed by atoms with Crippen LogP contribution in [-0.4, -0.2) is 34.8 Å². The van der Waals surface area contributed by atoms with Crippen LogP contribution >= 0.6 is 0 Å². The van der Waals surface area contributed by atoms with E-state index in [0.717, 1.165) is 36.8 Å². The van der Waals surface area contributed by atoms with Crippen LogP contribution in [0.15, 0.2) is 36.7 Å². The third-order valence-electron chi connectivity index (χ3n) is 5.67. The predicted octanol–water partition coefficient (Wildman–Crippen LogP) is 6.14. The molecule has 0 bridgehead atoms. The van der Waals surface area contributed by atoms with E-state index in [-0.39, 0.29) is 12.1 Å². The Morgan fingerprint density at radius 2 is 1.53 bits per heavy atom. The molecule has 2 heterocycles. The Balaban J connectivity index is 1.39. The third kappa shape index (κ3) is 7.90. The maximum atomic E-state index is 12.2. The molecule has 2 unspecified atom stereocenters. The van der Waals surface area contributed by atoms with E-state index < -0.39 is 6.10 Å². The molecular formula is C26H36N2O4. The molecule has 1 aromatic carbocycles. The normalized spacial score (nSPS) is 17.2. The fourth-order valence-electron chi connectivity index (χ4n) is 3.64. The zero-order valence-corrected chi connectivity index (χ0v) is 19.4. The summed E-state index contributed by atoms with van der Waals surface area (Å²) in [6.07, 6.45) is 14.8. The Morgan fingerprint density at radius 1 is 0.875 bits per heavy atom. The summed E-state index contributed by atoms with van der Waals surface area (Å²) in [5, 5.41) is 0. The maximum Gasteiger partial charge on any atom is 0.343 e. The summed E-state index contributed by atoms with van der Waals surface area (Å²) in [6.45, 7) is 5.03. The molecule has 174 valence electrons. The number of carbonyl (C=O) groups is 1. The van der Waals surface area contributed by atoms with E-state index >= 15 is 0 Å². The molecule has 1 fully saturated rings. The minimum absolute atomic E-state index is 0.0206. The molecule has 6 nitrogen and oxygen atoms in total. The lowest BCUT2D eigenvalue weighted by Gasteiger charge is -2.07. The van der Waals surface area contributed by atoms with Crippen LogP contribution in [0.3, 0.4) is 0 Å². The number of benzene rings is 1. The van der Waals surface area contributed by atoms with Crippen LogP contribution in [0, 0.1) is 0 Å². The molecule has 0 saturated carbocycles. The Bertz CT molecular complexity index is 808. The average molecular weight is 441 g/mol. The van der Waals surface area contributed by atoms with Gasteiger partial charge in [-0.3, -0.25) is 0 Å². The van der Waals surface area contributed by atoms with Gasteiger partial charge in [-0.05, 0) is 30.5 Å². The SMILES string of the molecule is CCCCCCCCOc1ncc(-c2ccc(OC(=O)C3OC3CCCCC)cc2)cn1. The second-order valence-electron chi connectivity index (χ2n) is 8.41. The summed E-state index contributed by atoms with van der Waals surface area (Å²) >= 11 is 0. The van der Waals surface area contributed by atoms with Gasteiger partial charge in [-0.2, -0.15) is 0 Å². The van der Waals surface area contributed by atoms with Crippen molar-refractivity contribution in [3.8, 4) is 22.9 Å². The molecule has 1 aliphatic heterocycles. The van der Waals surface area contributed by atoms with E-state index in [0.29, 0.717) is 18.4 Å². The highest BCUT2D eigenvalue weighted by molar-refractivity contribution is 5.80. The van der Waals surface area contributed by atoms with Crippen molar-refractivity contribution >= 4 is 5.97 Å². The second kappa shape index (κ2) is 13.2. The van der Waals surface area contributed by atoms with Crippen LogP contribution in [0.25, 0.3) is 11.1 Å². The van der Waals surface area contributed by atoms with Crippen molar-refractivity contribution in [1.29, 1.82) is 0 Å². The number of aromatic nitrogens is 2. The standard InChI is InChI=1S/C26H36N2O4/c1-3-5-7-8-9-11-17-30-26-27-18-21(19-28-26)20-13-15-22(16-14-20)31-25(29)24-23(32-24)12-10-6-4-2/h13-16,18-19,23-24H,3-12,17H2,1-2H3. The van der Waals surface area contributed by atoms with E-state index in [1.165, 1.54) is 38.5 Å². The molecule has 0 radical (unpaired) electrons. The molecule has 3 rings (SSSR count). The number of ether oxygens (including phenoxy) is 3. The number of hydrogen-bond donors (Lipinski definition) is 0. The van der Waals surface area contributed by atoms with Crippen LogP contribution < -0.4 is 9.47 Å². The monoisotopic (exact) mass is 440 g/mol. The maximum absolute atomic E-state index is 12.2. The van der Waals surface area contributed by atoms with E-state index in [9.17, 15) is 4.79 Å². The summed E-state index contributed by atoms with van der Waals surface area (Å²) in [5.74, 6) is 0.204. The van der Waals surface area contributed by atoms with Crippen molar-refractivity contribution in [2.75, 3.05) is 6.61 Å². The lowest BCUT2D eigenvalue weighted by atomic mass is 10.1. The zero-order valence-electron chi connectivity index (χ0n) is 19.4. The molecule has 0 amide bonds. The van der Waals surface area contributed by atoms with E-state index in [2.05, 4.69) is 23.8 Å². The molecule has 1 saturated heterocycles. The van der Waals surface area contributed by atoms with Gasteiger partial charge in [-0.1, -0.05) is 77.3 Å². The summed E-state index contributed by atoms with van der Waals surface area (Å²) in [6, 6.07) is 7.76. The van der Waals surface area contributed by atoms with Crippen molar-refractivity contribution in [3.05, 3.63) is 36.7 Å². The number of hydrogen-bond acceptors (Lipinski definition) is 6.